The average Bonchev–Trinajstić information content (AvgIpc) is 2.37. The molecule has 1 atom stereocenters. The van der Waals surface area contributed by atoms with Crippen molar-refractivity contribution in [2.75, 3.05) is 26.2 Å². The summed E-state index contributed by atoms with van der Waals surface area (Å²) in [6.07, 6.45) is -2.50. The van der Waals surface area contributed by atoms with E-state index in [9.17, 15) is 13.6 Å². The Bertz CT molecular complexity index is 248. The third-order valence-electron chi connectivity index (χ3n) is 2.77. The lowest BCUT2D eigenvalue weighted by Gasteiger charge is -2.22. The van der Waals surface area contributed by atoms with Crippen molar-refractivity contribution < 1.29 is 23.4 Å². The van der Waals surface area contributed by atoms with Crippen LogP contribution in [0.2, 0.25) is 0 Å². The molecule has 0 spiro atoms. The fourth-order valence-corrected chi connectivity index (χ4v) is 1.68. The van der Waals surface area contributed by atoms with Gasteiger partial charge in [0.15, 0.2) is 0 Å². The zero-order chi connectivity index (χ0) is 13.4. The number of ether oxygens (including phenoxy) is 1. The molecule has 1 rings (SSSR count). The van der Waals surface area contributed by atoms with Gasteiger partial charge in [0, 0.05) is 13.0 Å². The summed E-state index contributed by atoms with van der Waals surface area (Å²) in [6.45, 7) is 1.68. The molecule has 0 aromatic heterocycles. The van der Waals surface area contributed by atoms with Gasteiger partial charge < -0.3 is 20.5 Å². The van der Waals surface area contributed by atoms with E-state index in [1.807, 2.05) is 0 Å². The Morgan fingerprint density at radius 3 is 2.72 bits per heavy atom. The van der Waals surface area contributed by atoms with Gasteiger partial charge in [-0.25, -0.2) is 8.78 Å². The van der Waals surface area contributed by atoms with E-state index < -0.39 is 19.1 Å². The number of alkyl halides is 2. The number of piperidine rings is 1. The summed E-state index contributed by atoms with van der Waals surface area (Å²) < 4.78 is 29.4. The molecule has 1 saturated heterocycles. The van der Waals surface area contributed by atoms with Crippen LogP contribution in [0.5, 0.6) is 0 Å². The summed E-state index contributed by atoms with van der Waals surface area (Å²) in [5.74, 6) is -0.386. The summed E-state index contributed by atoms with van der Waals surface area (Å²) >= 11 is 0. The van der Waals surface area contributed by atoms with Gasteiger partial charge in [-0.05, 0) is 25.9 Å². The lowest BCUT2D eigenvalue weighted by atomic mass is 10.1. The van der Waals surface area contributed by atoms with Crippen molar-refractivity contribution in [2.45, 2.75) is 37.9 Å². The van der Waals surface area contributed by atoms with E-state index in [-0.39, 0.29) is 25.0 Å². The van der Waals surface area contributed by atoms with E-state index in [1.165, 1.54) is 0 Å². The standard InChI is InChI=1S/C11H20F2N2O3/c12-11(13)9(16)7-15-10(17)3-6-18-8-1-4-14-5-2-8/h8-9,11,14,16H,1-7H2,(H,15,17). The van der Waals surface area contributed by atoms with Crippen LogP contribution in [0.4, 0.5) is 8.78 Å². The minimum atomic E-state index is -2.84. The Hall–Kier alpha value is -0.790. The first-order valence-electron chi connectivity index (χ1n) is 6.15. The zero-order valence-corrected chi connectivity index (χ0v) is 10.2. The first-order chi connectivity index (χ1) is 8.59. The van der Waals surface area contributed by atoms with E-state index in [0.717, 1.165) is 25.9 Å². The minimum Gasteiger partial charge on any atom is -0.385 e. The molecular formula is C11H20F2N2O3. The van der Waals surface area contributed by atoms with Crippen molar-refractivity contribution in [2.24, 2.45) is 0 Å². The van der Waals surface area contributed by atoms with Crippen LogP contribution in [0.15, 0.2) is 0 Å². The molecule has 5 nitrogen and oxygen atoms in total. The Morgan fingerprint density at radius 2 is 2.11 bits per heavy atom. The van der Waals surface area contributed by atoms with Crippen molar-refractivity contribution in [3.05, 3.63) is 0 Å². The fraction of sp³-hybridized carbons (Fsp3) is 0.909. The van der Waals surface area contributed by atoms with Crippen LogP contribution in [0.1, 0.15) is 19.3 Å². The Kier molecular flexibility index (Phi) is 7.07. The van der Waals surface area contributed by atoms with Crippen LogP contribution >= 0.6 is 0 Å². The Balaban J connectivity index is 2.02. The SMILES string of the molecule is O=C(CCOC1CCNCC1)NCC(O)C(F)F. The molecule has 0 aromatic carbocycles. The normalized spacial score (nSPS) is 18.9. The van der Waals surface area contributed by atoms with Gasteiger partial charge in [-0.3, -0.25) is 4.79 Å². The Labute approximate surface area is 105 Å². The molecule has 0 bridgehead atoms. The van der Waals surface area contributed by atoms with Crippen molar-refractivity contribution in [1.82, 2.24) is 10.6 Å². The number of hydrogen-bond acceptors (Lipinski definition) is 4. The third kappa shape index (κ3) is 6.23. The number of carbonyl (C=O) groups excluding carboxylic acids is 1. The van der Waals surface area contributed by atoms with E-state index in [2.05, 4.69) is 10.6 Å². The molecule has 1 unspecified atom stereocenters. The molecule has 106 valence electrons. The van der Waals surface area contributed by atoms with Gasteiger partial charge in [-0.1, -0.05) is 0 Å². The first kappa shape index (κ1) is 15.3. The summed E-state index contributed by atoms with van der Waals surface area (Å²) in [5.41, 5.74) is 0. The van der Waals surface area contributed by atoms with Gasteiger partial charge in [-0.2, -0.15) is 0 Å². The number of amides is 1. The minimum absolute atomic E-state index is 0.125. The zero-order valence-electron chi connectivity index (χ0n) is 10.2. The topological polar surface area (TPSA) is 70.6 Å². The molecule has 7 heteroatoms. The number of aliphatic hydroxyl groups excluding tert-OH is 1. The highest BCUT2D eigenvalue weighted by atomic mass is 19.3. The van der Waals surface area contributed by atoms with Crippen molar-refractivity contribution >= 4 is 5.91 Å². The highest BCUT2D eigenvalue weighted by Crippen LogP contribution is 2.07. The predicted molar refractivity (Wildman–Crippen MR) is 61.5 cm³/mol. The second-order valence-electron chi connectivity index (χ2n) is 4.28. The molecule has 1 fully saturated rings. The maximum absolute atomic E-state index is 11.9. The molecule has 0 aliphatic carbocycles. The van der Waals surface area contributed by atoms with Gasteiger partial charge in [0.25, 0.3) is 6.43 Å². The number of nitrogens with one attached hydrogen (secondary N) is 2. The van der Waals surface area contributed by atoms with E-state index in [1.54, 1.807) is 0 Å². The van der Waals surface area contributed by atoms with Crippen LogP contribution < -0.4 is 10.6 Å². The molecule has 1 amide bonds. The summed E-state index contributed by atoms with van der Waals surface area (Å²) in [4.78, 5) is 11.3. The lowest BCUT2D eigenvalue weighted by molar-refractivity contribution is -0.123. The maximum atomic E-state index is 11.9. The molecule has 18 heavy (non-hydrogen) atoms. The number of halogens is 2. The smallest absolute Gasteiger partial charge is 0.265 e. The monoisotopic (exact) mass is 266 g/mol. The van der Waals surface area contributed by atoms with Crippen LogP contribution in [0, 0.1) is 0 Å². The number of rotatable bonds is 7. The van der Waals surface area contributed by atoms with Crippen LogP contribution in [-0.2, 0) is 9.53 Å². The van der Waals surface area contributed by atoms with Crippen molar-refractivity contribution in [1.29, 1.82) is 0 Å². The number of carbonyl (C=O) groups is 1. The van der Waals surface area contributed by atoms with Gasteiger partial charge in [0.2, 0.25) is 5.91 Å². The average molecular weight is 266 g/mol. The fourth-order valence-electron chi connectivity index (χ4n) is 1.68. The van der Waals surface area contributed by atoms with Crippen LogP contribution in [-0.4, -0.2) is 55.9 Å². The summed E-state index contributed by atoms with van der Waals surface area (Å²) in [7, 11) is 0. The van der Waals surface area contributed by atoms with E-state index in [4.69, 9.17) is 9.84 Å². The molecule has 3 N–H and O–H groups in total. The van der Waals surface area contributed by atoms with Crippen molar-refractivity contribution in [3.8, 4) is 0 Å². The molecule has 0 saturated carbocycles. The second-order valence-corrected chi connectivity index (χ2v) is 4.28. The quantitative estimate of drug-likeness (QED) is 0.601. The van der Waals surface area contributed by atoms with E-state index >= 15 is 0 Å². The van der Waals surface area contributed by atoms with Gasteiger partial charge in [0.1, 0.15) is 6.10 Å². The Morgan fingerprint density at radius 1 is 1.44 bits per heavy atom. The molecule has 0 radical (unpaired) electrons. The van der Waals surface area contributed by atoms with Gasteiger partial charge in [0.05, 0.1) is 12.7 Å². The largest absolute Gasteiger partial charge is 0.385 e. The molecular weight excluding hydrogens is 246 g/mol. The predicted octanol–water partition coefficient (Wildman–Crippen LogP) is -0.113. The van der Waals surface area contributed by atoms with Gasteiger partial charge >= 0.3 is 0 Å². The van der Waals surface area contributed by atoms with Crippen LogP contribution in [0.25, 0.3) is 0 Å². The van der Waals surface area contributed by atoms with E-state index in [0.29, 0.717) is 0 Å². The van der Waals surface area contributed by atoms with Crippen molar-refractivity contribution in [3.63, 3.8) is 0 Å². The highest BCUT2D eigenvalue weighted by molar-refractivity contribution is 5.75. The molecule has 0 aromatic rings. The first-order valence-corrected chi connectivity index (χ1v) is 6.15. The number of hydrogen-bond donors (Lipinski definition) is 3. The molecule has 1 aliphatic rings. The summed E-state index contributed by atoms with van der Waals surface area (Å²) in [5, 5.41) is 14.2. The molecule has 1 aliphatic heterocycles. The third-order valence-corrected chi connectivity index (χ3v) is 2.77. The van der Waals surface area contributed by atoms with Crippen LogP contribution in [0.3, 0.4) is 0 Å². The highest BCUT2D eigenvalue weighted by Gasteiger charge is 2.17. The molecule has 1 heterocycles. The summed E-state index contributed by atoms with van der Waals surface area (Å²) in [6, 6.07) is 0. The maximum Gasteiger partial charge on any atom is 0.265 e. The number of aliphatic hydroxyl groups is 1. The van der Waals surface area contributed by atoms with Gasteiger partial charge in [-0.15, -0.1) is 0 Å². The lowest BCUT2D eigenvalue weighted by Crippen LogP contribution is -2.37. The second kappa shape index (κ2) is 8.34.